The Morgan fingerprint density at radius 2 is 1.79 bits per heavy atom. The van der Waals surface area contributed by atoms with Gasteiger partial charge < -0.3 is 25.0 Å². The maximum Gasteiger partial charge on any atom is 0.277 e. The van der Waals surface area contributed by atoms with Crippen LogP contribution in [-0.4, -0.2) is 95.5 Å². The van der Waals surface area contributed by atoms with Crippen molar-refractivity contribution < 1.29 is 14.3 Å². The van der Waals surface area contributed by atoms with Gasteiger partial charge in [0.1, 0.15) is 5.02 Å². The number of hydrogen-bond acceptors (Lipinski definition) is 10. The largest absolute Gasteiger partial charge is 0.490 e. The Bertz CT molecular complexity index is 1540. The summed E-state index contributed by atoms with van der Waals surface area (Å²) in [5.74, 6) is 1.11. The maximum atomic E-state index is 13.8. The second-order valence-electron chi connectivity index (χ2n) is 13.7. The first-order valence-corrected chi connectivity index (χ1v) is 17.9. The Balaban J connectivity index is 1.26. The van der Waals surface area contributed by atoms with Gasteiger partial charge in [0.2, 0.25) is 5.75 Å². The van der Waals surface area contributed by atoms with Crippen molar-refractivity contribution >= 4 is 28.9 Å². The van der Waals surface area contributed by atoms with E-state index >= 15 is 0 Å². The molecular formula is C35H50ClN9O3. The van der Waals surface area contributed by atoms with Gasteiger partial charge >= 0.3 is 0 Å². The van der Waals surface area contributed by atoms with Crippen molar-refractivity contribution in [3.8, 4) is 17.3 Å². The number of carbonyl (C=O) groups is 1. The van der Waals surface area contributed by atoms with Gasteiger partial charge in [0.25, 0.3) is 11.8 Å². The summed E-state index contributed by atoms with van der Waals surface area (Å²) in [4.78, 5) is 18.7. The van der Waals surface area contributed by atoms with E-state index in [2.05, 4.69) is 61.0 Å². The van der Waals surface area contributed by atoms with Gasteiger partial charge in [-0.15, -0.1) is 15.3 Å². The fraction of sp³-hybridized carbons (Fsp3) is 0.629. The van der Waals surface area contributed by atoms with Gasteiger partial charge in [-0.05, 0) is 49.9 Å². The summed E-state index contributed by atoms with van der Waals surface area (Å²) >= 11 is 6.58. The zero-order valence-electron chi connectivity index (χ0n) is 28.8. The van der Waals surface area contributed by atoms with E-state index in [1.807, 2.05) is 18.3 Å². The molecule has 13 heteroatoms. The van der Waals surface area contributed by atoms with Gasteiger partial charge in [0.05, 0.1) is 43.2 Å². The summed E-state index contributed by atoms with van der Waals surface area (Å²) in [6.45, 7) is 5.93. The minimum Gasteiger partial charge on any atom is -0.490 e. The Hall–Kier alpha value is -3.48. The number of rotatable bonds is 12. The average Bonchev–Trinajstić information content (AvgIpc) is 3.82. The number of likely N-dealkylation sites (N-methyl/N-ethyl adjacent to an activating group) is 1. The van der Waals surface area contributed by atoms with Gasteiger partial charge in [-0.2, -0.15) is 0 Å². The molecule has 1 saturated heterocycles. The van der Waals surface area contributed by atoms with Crippen LogP contribution in [0.1, 0.15) is 80.9 Å². The van der Waals surface area contributed by atoms with Crippen molar-refractivity contribution in [1.82, 2.24) is 35.4 Å². The zero-order chi connectivity index (χ0) is 33.6. The average molecular weight is 680 g/mol. The summed E-state index contributed by atoms with van der Waals surface area (Å²) in [5, 5.41) is 23.8. The van der Waals surface area contributed by atoms with Gasteiger partial charge in [0.15, 0.2) is 5.69 Å². The molecule has 0 radical (unpaired) electrons. The normalized spacial score (nSPS) is 20.2. The molecule has 3 aliphatic rings. The summed E-state index contributed by atoms with van der Waals surface area (Å²) in [6.07, 6.45) is 14.5. The van der Waals surface area contributed by atoms with Crippen LogP contribution in [0.2, 0.25) is 5.02 Å². The zero-order valence-corrected chi connectivity index (χ0v) is 29.5. The highest BCUT2D eigenvalue weighted by molar-refractivity contribution is 6.35. The molecular weight excluding hydrogens is 630 g/mol. The summed E-state index contributed by atoms with van der Waals surface area (Å²) < 4.78 is 12.4. The molecule has 2 saturated carbocycles. The lowest BCUT2D eigenvalue weighted by Gasteiger charge is -2.45. The number of ether oxygens (including phenoxy) is 2. The fourth-order valence-electron chi connectivity index (χ4n) is 7.80. The number of aromatic nitrogens is 5. The van der Waals surface area contributed by atoms with Crippen LogP contribution < -0.4 is 25.0 Å². The van der Waals surface area contributed by atoms with E-state index in [1.54, 1.807) is 4.68 Å². The molecule has 1 aromatic carbocycles. The number of amides is 1. The van der Waals surface area contributed by atoms with Crippen LogP contribution in [-0.2, 0) is 6.42 Å². The molecule has 2 aliphatic carbocycles. The van der Waals surface area contributed by atoms with Crippen LogP contribution in [0, 0.1) is 11.8 Å². The third-order valence-corrected chi connectivity index (χ3v) is 11.0. The molecule has 3 heterocycles. The lowest BCUT2D eigenvalue weighted by atomic mass is 9.84. The Morgan fingerprint density at radius 3 is 2.54 bits per heavy atom. The Labute approximate surface area is 288 Å². The van der Waals surface area contributed by atoms with E-state index in [0.29, 0.717) is 23.7 Å². The van der Waals surface area contributed by atoms with Gasteiger partial charge in [-0.25, -0.2) is 4.68 Å². The van der Waals surface area contributed by atoms with Crippen LogP contribution in [0.4, 0.5) is 11.4 Å². The molecule has 3 fully saturated rings. The molecule has 1 aliphatic heterocycles. The van der Waals surface area contributed by atoms with Crippen molar-refractivity contribution in [2.24, 2.45) is 11.8 Å². The van der Waals surface area contributed by atoms with E-state index in [9.17, 15) is 4.79 Å². The minimum absolute atomic E-state index is 0.0346. The van der Waals surface area contributed by atoms with Crippen molar-refractivity contribution in [2.45, 2.75) is 83.2 Å². The van der Waals surface area contributed by atoms with Gasteiger partial charge in [0, 0.05) is 44.7 Å². The van der Waals surface area contributed by atoms with Gasteiger partial charge in [-0.1, -0.05) is 68.7 Å². The van der Waals surface area contributed by atoms with Crippen molar-refractivity contribution in [3.05, 3.63) is 40.8 Å². The Kier molecular flexibility index (Phi) is 11.3. The topological polar surface area (TPSA) is 123 Å². The standard InChI is InChI=1S/C35H50ClN9O3/c1-23(24-10-8-9-11-24)30-22-44(19-18-43(30)2)29-15-14-27(45-21-26(39-42-45)16-17-37-25-12-6-5-7-13-25)20-28(29)38-34(46)32-31(36)33(47-3)35(48-4)41-40-32/h14-15,20-21,23-25,30,37H,5-13,16-19,22H2,1-4H3,(H,38,46)/t23-,30+/m1/s1. The summed E-state index contributed by atoms with van der Waals surface area (Å²) in [6, 6.07) is 7.08. The first-order valence-electron chi connectivity index (χ1n) is 17.6. The van der Waals surface area contributed by atoms with Crippen molar-refractivity contribution in [3.63, 3.8) is 0 Å². The number of anilines is 2. The second kappa shape index (κ2) is 15.8. The maximum absolute atomic E-state index is 13.8. The first-order chi connectivity index (χ1) is 23.4. The summed E-state index contributed by atoms with van der Waals surface area (Å²) in [5.41, 5.74) is 3.24. The van der Waals surface area contributed by atoms with Crippen molar-refractivity contribution in [2.75, 3.05) is 57.7 Å². The second-order valence-corrected chi connectivity index (χ2v) is 14.0. The molecule has 12 nitrogen and oxygen atoms in total. The molecule has 2 aromatic heterocycles. The van der Waals surface area contributed by atoms with Crippen LogP contribution in [0.3, 0.4) is 0 Å². The smallest absolute Gasteiger partial charge is 0.277 e. The fourth-order valence-corrected chi connectivity index (χ4v) is 8.08. The third-order valence-electron chi connectivity index (χ3n) is 10.7. The van der Waals surface area contributed by atoms with Crippen LogP contribution >= 0.6 is 11.6 Å². The van der Waals surface area contributed by atoms with E-state index in [-0.39, 0.29) is 22.3 Å². The molecule has 2 N–H and O–H groups in total. The predicted octanol–water partition coefficient (Wildman–Crippen LogP) is 5.39. The lowest BCUT2D eigenvalue weighted by Crippen LogP contribution is -2.55. The highest BCUT2D eigenvalue weighted by Gasteiger charge is 2.35. The number of methoxy groups -OCH3 is 2. The molecule has 1 amide bonds. The highest BCUT2D eigenvalue weighted by Crippen LogP contribution is 2.38. The number of piperazine rings is 1. The number of benzene rings is 1. The number of hydrogen-bond donors (Lipinski definition) is 2. The quantitative estimate of drug-likeness (QED) is 0.258. The minimum atomic E-state index is -0.495. The molecule has 260 valence electrons. The van der Waals surface area contributed by atoms with E-state index in [1.165, 1.54) is 72.0 Å². The molecule has 3 aromatic rings. The highest BCUT2D eigenvalue weighted by atomic mass is 35.5. The molecule has 2 atom stereocenters. The van der Waals surface area contributed by atoms with E-state index in [0.717, 1.165) is 55.6 Å². The molecule has 0 unspecified atom stereocenters. The number of nitrogens with one attached hydrogen (secondary N) is 2. The lowest BCUT2D eigenvalue weighted by molar-refractivity contribution is 0.102. The Morgan fingerprint density at radius 1 is 1.02 bits per heavy atom. The number of halogens is 1. The SMILES string of the molecule is COc1nnc(C(=O)Nc2cc(-n3cc(CCNC4CCCCC4)nn3)ccc2N2CCN(C)[C@H]([C@H](C)C3CCCC3)C2)c(Cl)c1OC. The predicted molar refractivity (Wildman–Crippen MR) is 188 cm³/mol. The van der Waals surface area contributed by atoms with Crippen LogP contribution in [0.15, 0.2) is 24.4 Å². The molecule has 48 heavy (non-hydrogen) atoms. The van der Waals surface area contributed by atoms with Crippen LogP contribution in [0.5, 0.6) is 11.6 Å². The molecule has 6 rings (SSSR count). The van der Waals surface area contributed by atoms with E-state index < -0.39 is 5.91 Å². The third kappa shape index (κ3) is 7.71. The van der Waals surface area contributed by atoms with E-state index in [4.69, 9.17) is 21.1 Å². The first kappa shape index (κ1) is 34.4. The van der Waals surface area contributed by atoms with Gasteiger partial charge in [-0.3, -0.25) is 9.69 Å². The van der Waals surface area contributed by atoms with Crippen molar-refractivity contribution in [1.29, 1.82) is 0 Å². The number of nitrogens with zero attached hydrogens (tertiary/aromatic N) is 7. The van der Waals surface area contributed by atoms with Crippen LogP contribution in [0.25, 0.3) is 5.69 Å². The monoisotopic (exact) mass is 679 g/mol. The summed E-state index contributed by atoms with van der Waals surface area (Å²) in [7, 11) is 5.13. The molecule has 0 spiro atoms. The molecule has 0 bridgehead atoms. The number of carbonyl (C=O) groups excluding carboxylic acids is 1.